The summed E-state index contributed by atoms with van der Waals surface area (Å²) < 4.78 is 1.64. The molecule has 0 fully saturated rings. The van der Waals surface area contributed by atoms with Crippen molar-refractivity contribution >= 4 is 5.82 Å². The number of aryl methyl sites for hydroxylation is 2. The van der Waals surface area contributed by atoms with Crippen LogP contribution in [0.2, 0.25) is 0 Å². The quantitative estimate of drug-likeness (QED) is 0.885. The summed E-state index contributed by atoms with van der Waals surface area (Å²) in [6.07, 6.45) is 1.76. The molecule has 2 heterocycles. The molecule has 2 aromatic rings. The molecule has 94 valence electrons. The topological polar surface area (TPSA) is 59.8 Å². The van der Waals surface area contributed by atoms with Gasteiger partial charge in [-0.05, 0) is 31.5 Å². The largest absolute Gasteiger partial charge is 0.373 e. The van der Waals surface area contributed by atoms with Crippen molar-refractivity contribution in [1.82, 2.24) is 14.5 Å². The van der Waals surface area contributed by atoms with Crippen molar-refractivity contribution < 1.29 is 0 Å². The molecule has 0 spiro atoms. The van der Waals surface area contributed by atoms with Crippen molar-refractivity contribution in [3.63, 3.8) is 0 Å². The van der Waals surface area contributed by atoms with Gasteiger partial charge in [0.25, 0.3) is 0 Å². The van der Waals surface area contributed by atoms with Gasteiger partial charge in [0.2, 0.25) is 0 Å². The SMILES string of the molecule is CNc1ccc(Cn2c(C)cc(C)nc2=O)cn1. The van der Waals surface area contributed by atoms with E-state index >= 15 is 0 Å². The number of rotatable bonds is 3. The van der Waals surface area contributed by atoms with E-state index in [1.807, 2.05) is 39.1 Å². The first-order valence-electron chi connectivity index (χ1n) is 5.78. The minimum absolute atomic E-state index is 0.217. The number of hydrogen-bond donors (Lipinski definition) is 1. The third kappa shape index (κ3) is 2.56. The molecule has 0 aromatic carbocycles. The van der Waals surface area contributed by atoms with E-state index in [1.165, 1.54) is 0 Å². The second-order valence-corrected chi connectivity index (χ2v) is 4.21. The average Bonchev–Trinajstić information content (AvgIpc) is 2.34. The highest BCUT2D eigenvalue weighted by atomic mass is 16.1. The van der Waals surface area contributed by atoms with Gasteiger partial charge >= 0.3 is 5.69 Å². The molecular weight excluding hydrogens is 228 g/mol. The lowest BCUT2D eigenvalue weighted by Gasteiger charge is -2.09. The van der Waals surface area contributed by atoms with Crippen molar-refractivity contribution in [2.45, 2.75) is 20.4 Å². The first kappa shape index (κ1) is 12.3. The Labute approximate surface area is 106 Å². The van der Waals surface area contributed by atoms with Gasteiger partial charge in [-0.15, -0.1) is 0 Å². The van der Waals surface area contributed by atoms with Crippen LogP contribution in [0.15, 0.2) is 29.2 Å². The molecule has 0 bridgehead atoms. The predicted octanol–water partition coefficient (Wildman–Crippen LogP) is 1.35. The molecule has 1 N–H and O–H groups in total. The lowest BCUT2D eigenvalue weighted by Crippen LogP contribution is -2.26. The standard InChI is InChI=1S/C13H16N4O/c1-9-6-10(2)17(13(18)16-9)8-11-4-5-12(14-3)15-7-11/h4-7H,8H2,1-3H3,(H,14,15). The fourth-order valence-corrected chi connectivity index (χ4v) is 1.82. The Kier molecular flexibility index (Phi) is 3.41. The molecule has 0 aliphatic rings. The summed E-state index contributed by atoms with van der Waals surface area (Å²) in [6.45, 7) is 4.22. The number of pyridine rings is 1. The first-order valence-corrected chi connectivity index (χ1v) is 5.78. The van der Waals surface area contributed by atoms with Gasteiger partial charge in [-0.3, -0.25) is 4.57 Å². The van der Waals surface area contributed by atoms with Gasteiger partial charge in [-0.25, -0.2) is 9.78 Å². The lowest BCUT2D eigenvalue weighted by molar-refractivity contribution is 0.692. The molecule has 0 unspecified atom stereocenters. The molecule has 2 rings (SSSR count). The van der Waals surface area contributed by atoms with Gasteiger partial charge in [0.05, 0.1) is 6.54 Å². The van der Waals surface area contributed by atoms with Gasteiger partial charge in [-0.2, -0.15) is 4.98 Å². The molecule has 0 saturated heterocycles. The molecular formula is C13H16N4O. The van der Waals surface area contributed by atoms with Gasteiger partial charge in [0, 0.05) is 24.6 Å². The fraction of sp³-hybridized carbons (Fsp3) is 0.308. The summed E-state index contributed by atoms with van der Waals surface area (Å²) in [7, 11) is 1.82. The van der Waals surface area contributed by atoms with Gasteiger partial charge < -0.3 is 5.32 Å². The van der Waals surface area contributed by atoms with Crippen LogP contribution in [0.5, 0.6) is 0 Å². The first-order chi connectivity index (χ1) is 8.60. The van der Waals surface area contributed by atoms with Gasteiger partial charge in [-0.1, -0.05) is 6.07 Å². The van der Waals surface area contributed by atoms with Crippen molar-refractivity contribution in [2.75, 3.05) is 12.4 Å². The summed E-state index contributed by atoms with van der Waals surface area (Å²) in [4.78, 5) is 20.0. The number of hydrogen-bond acceptors (Lipinski definition) is 4. The zero-order valence-corrected chi connectivity index (χ0v) is 10.8. The number of nitrogens with one attached hydrogen (secondary N) is 1. The fourth-order valence-electron chi connectivity index (χ4n) is 1.82. The van der Waals surface area contributed by atoms with E-state index in [4.69, 9.17) is 0 Å². The maximum Gasteiger partial charge on any atom is 0.348 e. The zero-order valence-electron chi connectivity index (χ0n) is 10.8. The van der Waals surface area contributed by atoms with Crippen LogP contribution >= 0.6 is 0 Å². The van der Waals surface area contributed by atoms with E-state index in [9.17, 15) is 4.79 Å². The van der Waals surface area contributed by atoms with Crippen molar-refractivity contribution in [2.24, 2.45) is 0 Å². The summed E-state index contributed by atoms with van der Waals surface area (Å²) in [5.74, 6) is 0.810. The van der Waals surface area contributed by atoms with Crippen LogP contribution in [0.3, 0.4) is 0 Å². The van der Waals surface area contributed by atoms with Crippen LogP contribution in [0, 0.1) is 13.8 Å². The number of aromatic nitrogens is 3. The van der Waals surface area contributed by atoms with E-state index in [0.717, 1.165) is 22.8 Å². The van der Waals surface area contributed by atoms with Crippen molar-refractivity contribution in [3.8, 4) is 0 Å². The maximum absolute atomic E-state index is 11.8. The number of anilines is 1. The normalized spacial score (nSPS) is 10.4. The Morgan fingerprint density at radius 2 is 2.11 bits per heavy atom. The van der Waals surface area contributed by atoms with E-state index in [0.29, 0.717) is 6.54 Å². The average molecular weight is 244 g/mol. The molecule has 0 aliphatic heterocycles. The molecule has 0 atom stereocenters. The van der Waals surface area contributed by atoms with E-state index < -0.39 is 0 Å². The summed E-state index contributed by atoms with van der Waals surface area (Å²) in [5.41, 5.74) is 2.41. The minimum Gasteiger partial charge on any atom is -0.373 e. The maximum atomic E-state index is 11.8. The third-order valence-corrected chi connectivity index (χ3v) is 2.77. The minimum atomic E-state index is -0.217. The Morgan fingerprint density at radius 3 is 2.67 bits per heavy atom. The van der Waals surface area contributed by atoms with Crippen LogP contribution in [-0.2, 0) is 6.54 Å². The van der Waals surface area contributed by atoms with Crippen LogP contribution in [0.4, 0.5) is 5.82 Å². The monoisotopic (exact) mass is 244 g/mol. The Morgan fingerprint density at radius 1 is 1.33 bits per heavy atom. The smallest absolute Gasteiger partial charge is 0.348 e. The number of nitrogens with zero attached hydrogens (tertiary/aromatic N) is 3. The molecule has 5 heteroatoms. The second-order valence-electron chi connectivity index (χ2n) is 4.21. The molecule has 5 nitrogen and oxygen atoms in total. The van der Waals surface area contributed by atoms with E-state index in [1.54, 1.807) is 10.8 Å². The molecule has 18 heavy (non-hydrogen) atoms. The van der Waals surface area contributed by atoms with Crippen LogP contribution in [0.25, 0.3) is 0 Å². The highest BCUT2D eigenvalue weighted by molar-refractivity contribution is 5.34. The van der Waals surface area contributed by atoms with Crippen LogP contribution in [-0.4, -0.2) is 21.6 Å². The van der Waals surface area contributed by atoms with Crippen molar-refractivity contribution in [3.05, 3.63) is 51.8 Å². The summed E-state index contributed by atoms with van der Waals surface area (Å²) in [6, 6.07) is 5.73. The molecule has 2 aromatic heterocycles. The van der Waals surface area contributed by atoms with E-state index in [2.05, 4.69) is 15.3 Å². The molecule has 0 aliphatic carbocycles. The molecule has 0 amide bonds. The predicted molar refractivity (Wildman–Crippen MR) is 70.9 cm³/mol. The Balaban J connectivity index is 2.31. The molecule has 0 radical (unpaired) electrons. The molecule has 0 saturated carbocycles. The summed E-state index contributed by atoms with van der Waals surface area (Å²) >= 11 is 0. The Hall–Kier alpha value is -2.17. The third-order valence-electron chi connectivity index (χ3n) is 2.77. The van der Waals surface area contributed by atoms with Crippen molar-refractivity contribution in [1.29, 1.82) is 0 Å². The second kappa shape index (κ2) is 5.00. The Bertz CT molecular complexity index is 601. The van der Waals surface area contributed by atoms with E-state index in [-0.39, 0.29) is 5.69 Å². The lowest BCUT2D eigenvalue weighted by atomic mass is 10.2. The highest BCUT2D eigenvalue weighted by Gasteiger charge is 2.04. The van der Waals surface area contributed by atoms with Gasteiger partial charge in [0.1, 0.15) is 5.82 Å². The van der Waals surface area contributed by atoms with Gasteiger partial charge in [0.15, 0.2) is 0 Å². The highest BCUT2D eigenvalue weighted by Crippen LogP contribution is 2.06. The zero-order chi connectivity index (χ0) is 13.1. The van der Waals surface area contributed by atoms with Crippen LogP contribution in [0.1, 0.15) is 17.0 Å². The summed E-state index contributed by atoms with van der Waals surface area (Å²) in [5, 5.41) is 2.96. The van der Waals surface area contributed by atoms with Crippen LogP contribution < -0.4 is 11.0 Å².